The molecule has 0 saturated carbocycles. The molecule has 4 aromatic rings. The summed E-state index contributed by atoms with van der Waals surface area (Å²) in [4.78, 5) is 31.3. The Morgan fingerprint density at radius 2 is 1.76 bits per heavy atom. The molecule has 7 rings (SSSR count). The highest BCUT2D eigenvalue weighted by atomic mass is 32.7. The molecule has 0 radical (unpaired) electrons. The number of rotatable bonds is 3. The molecule has 248 valence electrons. The summed E-state index contributed by atoms with van der Waals surface area (Å²) < 4.78 is 88.9. The summed E-state index contributed by atoms with van der Waals surface area (Å²) in [5, 5.41) is 0. The Morgan fingerprint density at radius 1 is 1.04 bits per heavy atom. The van der Waals surface area contributed by atoms with Crippen LogP contribution in [0.1, 0.15) is 17.2 Å². The van der Waals surface area contributed by atoms with Gasteiger partial charge in [0, 0.05) is 7.11 Å². The van der Waals surface area contributed by atoms with E-state index in [4.69, 9.17) is 43.8 Å². The van der Waals surface area contributed by atoms with Crippen LogP contribution in [0.15, 0.2) is 17.4 Å². The van der Waals surface area contributed by atoms with Crippen LogP contribution in [0, 0.1) is 0 Å². The highest BCUT2D eigenvalue weighted by Gasteiger charge is 2.54. The molecule has 46 heavy (non-hydrogen) atoms. The molecule has 0 amide bonds. The zero-order valence-electron chi connectivity index (χ0n) is 23.2. The quantitative estimate of drug-likeness (QED) is 0.149. The zero-order chi connectivity index (χ0) is 32.5. The second-order valence-electron chi connectivity index (χ2n) is 10.3. The van der Waals surface area contributed by atoms with Gasteiger partial charge in [-0.15, -0.1) is 0 Å². The Labute approximate surface area is 271 Å². The summed E-state index contributed by atoms with van der Waals surface area (Å²) in [6.07, 6.45) is -8.39. The van der Waals surface area contributed by atoms with E-state index in [1.165, 1.54) is 24.3 Å². The molecule has 7 heterocycles. The maximum Gasteiger partial charge on any atom is 0.386 e. The molecular weight excluding hydrogens is 715 g/mol. The fourth-order valence-electron chi connectivity index (χ4n) is 5.48. The molecular formula is C21H24FN9O10P2S3. The molecule has 0 unspecified atom stereocenters. The first kappa shape index (κ1) is 32.3. The van der Waals surface area contributed by atoms with Crippen molar-refractivity contribution in [3.05, 3.63) is 27.9 Å². The third-order valence-corrected chi connectivity index (χ3v) is 11.6. The van der Waals surface area contributed by atoms with E-state index in [-0.39, 0.29) is 38.8 Å². The van der Waals surface area contributed by atoms with Gasteiger partial charge in [0.25, 0.3) is 5.56 Å². The molecule has 3 aliphatic rings. The van der Waals surface area contributed by atoms with Crippen molar-refractivity contribution in [3.63, 3.8) is 0 Å². The topological polar surface area (TPSA) is 253 Å². The van der Waals surface area contributed by atoms with Gasteiger partial charge in [-0.3, -0.25) is 32.4 Å². The number of aromatic amines is 1. The number of fused-ring (bicyclic) bond motifs is 5. The fraction of sp³-hybridized carbons (Fsp3) is 0.524. The van der Waals surface area contributed by atoms with E-state index >= 15 is 4.39 Å². The number of alkyl halides is 1. The van der Waals surface area contributed by atoms with Crippen molar-refractivity contribution in [1.82, 2.24) is 33.9 Å². The number of imidazole rings is 1. The highest BCUT2D eigenvalue weighted by molar-refractivity contribution is 8.44. The third-order valence-electron chi connectivity index (χ3n) is 7.46. The SMILES string of the molecule is CO[C@H]1[C@H]2O[P@](=O)(S)OC[C@H]3O[C@@H](n4cnc5c(N)ncnc54)[C@H](F)[C@@H]3O[P@@](=O)(S)OC[C@H]1O[C@H]2c1snc2c(=O)[nH]c(N)nc12. The molecule has 3 aliphatic heterocycles. The van der Waals surface area contributed by atoms with Crippen molar-refractivity contribution in [1.29, 1.82) is 0 Å². The van der Waals surface area contributed by atoms with Crippen LogP contribution in [0.3, 0.4) is 0 Å². The lowest BCUT2D eigenvalue weighted by atomic mass is 10.1. The number of halogens is 1. The van der Waals surface area contributed by atoms with Gasteiger partial charge < -0.3 is 25.7 Å². The normalized spacial score (nSPS) is 37.1. The van der Waals surface area contributed by atoms with Gasteiger partial charge in [0.2, 0.25) is 5.95 Å². The summed E-state index contributed by atoms with van der Waals surface area (Å²) in [5.41, 5.74) is 11.5. The number of nitrogens with two attached hydrogens (primary N) is 2. The number of methoxy groups -OCH3 is 1. The Kier molecular flexibility index (Phi) is 8.43. The first-order valence-corrected chi connectivity index (χ1v) is 19.4. The van der Waals surface area contributed by atoms with Gasteiger partial charge in [-0.2, -0.15) is 4.37 Å². The van der Waals surface area contributed by atoms with Crippen LogP contribution < -0.4 is 17.0 Å². The minimum atomic E-state index is -4.35. The van der Waals surface area contributed by atoms with E-state index in [1.54, 1.807) is 0 Å². The number of hydrogen-bond donors (Lipinski definition) is 5. The van der Waals surface area contributed by atoms with Crippen LogP contribution in [-0.4, -0.2) is 90.9 Å². The molecule has 0 aliphatic carbocycles. The number of anilines is 2. The Morgan fingerprint density at radius 3 is 2.50 bits per heavy atom. The smallest absolute Gasteiger partial charge is 0.382 e. The van der Waals surface area contributed by atoms with Crippen LogP contribution in [0.4, 0.5) is 16.2 Å². The number of hydrogen-bond acceptors (Lipinski definition) is 18. The van der Waals surface area contributed by atoms with Crippen LogP contribution in [0.5, 0.6) is 0 Å². The number of ether oxygens (including phenoxy) is 3. The second kappa shape index (κ2) is 12.0. The van der Waals surface area contributed by atoms with Crippen LogP contribution in [-0.2, 0) is 41.4 Å². The molecule has 3 fully saturated rings. The van der Waals surface area contributed by atoms with Crippen LogP contribution >= 0.6 is 49.6 Å². The lowest BCUT2D eigenvalue weighted by Crippen LogP contribution is -2.36. The summed E-state index contributed by atoms with van der Waals surface area (Å²) in [6, 6.07) is 0. The van der Waals surface area contributed by atoms with Gasteiger partial charge in [0.15, 0.2) is 29.4 Å². The predicted octanol–water partition coefficient (Wildman–Crippen LogP) is 1.97. The maximum atomic E-state index is 16.1. The minimum absolute atomic E-state index is 0.0160. The van der Waals surface area contributed by atoms with Gasteiger partial charge >= 0.3 is 13.6 Å². The van der Waals surface area contributed by atoms with E-state index in [9.17, 15) is 13.9 Å². The zero-order valence-corrected chi connectivity index (χ0v) is 27.6. The molecule has 0 aromatic carbocycles. The van der Waals surface area contributed by atoms with E-state index in [2.05, 4.69) is 53.8 Å². The largest absolute Gasteiger partial charge is 0.386 e. The van der Waals surface area contributed by atoms with Crippen LogP contribution in [0.2, 0.25) is 0 Å². The summed E-state index contributed by atoms with van der Waals surface area (Å²) in [5.74, 6) is -0.117. The van der Waals surface area contributed by atoms with Gasteiger partial charge in [-0.05, 0) is 11.5 Å². The van der Waals surface area contributed by atoms with E-state index in [1.807, 2.05) is 0 Å². The molecule has 2 bridgehead atoms. The number of thiol groups is 2. The van der Waals surface area contributed by atoms with Crippen molar-refractivity contribution >= 4 is 83.6 Å². The molecule has 0 spiro atoms. The number of nitrogens with one attached hydrogen (secondary N) is 1. The lowest BCUT2D eigenvalue weighted by molar-refractivity contribution is -0.0453. The summed E-state index contributed by atoms with van der Waals surface area (Å²) in [6.45, 7) is -9.77. The average molecular weight is 740 g/mol. The number of H-pyrrole nitrogens is 1. The fourth-order valence-corrected chi connectivity index (χ4v) is 9.30. The Balaban J connectivity index is 1.22. The molecule has 4 aromatic heterocycles. The van der Waals surface area contributed by atoms with Crippen LogP contribution in [0.25, 0.3) is 22.2 Å². The molecule has 25 heteroatoms. The predicted molar refractivity (Wildman–Crippen MR) is 164 cm³/mol. The summed E-state index contributed by atoms with van der Waals surface area (Å²) >= 11 is 9.09. The third kappa shape index (κ3) is 5.75. The second-order valence-corrected chi connectivity index (χ2v) is 16.8. The maximum absolute atomic E-state index is 16.1. The van der Waals surface area contributed by atoms with Crippen molar-refractivity contribution in [3.8, 4) is 0 Å². The lowest BCUT2D eigenvalue weighted by Gasteiger charge is -2.26. The van der Waals surface area contributed by atoms with Crippen molar-refractivity contribution in [2.75, 3.05) is 31.8 Å². The molecule has 19 nitrogen and oxygen atoms in total. The number of aromatic nitrogens is 7. The van der Waals surface area contributed by atoms with Gasteiger partial charge in [0.05, 0.1) is 24.4 Å². The minimum Gasteiger partial charge on any atom is -0.382 e. The first-order valence-electron chi connectivity index (χ1n) is 13.2. The van der Waals surface area contributed by atoms with Gasteiger partial charge in [-0.1, -0.05) is 24.5 Å². The Hall–Kier alpha value is -2.27. The first-order chi connectivity index (χ1) is 21.9. The van der Waals surface area contributed by atoms with Crippen molar-refractivity contribution in [2.24, 2.45) is 0 Å². The monoisotopic (exact) mass is 739 g/mol. The standard InChI is InChI=1S/C21H24FN9O10P2S3/c1-35-13-7-3-37-42(33,44)40-12-6(39-20(8(12)22)31-5-27-11-17(23)25-4-26-18(11)31)2-36-43(34,45)41-14(13)15(38-7)16-9-10(30-46-16)19(32)29-21(24)28-9/h4-8,12-15,20H,2-3H2,1H3,(H,33,44)(H,34,45)(H2,23,25,26)(H3,24,28,29,32)/t6-,7-,8-,12-,13-,14-,15-,20-,42+,43-/m1/s1. The Bertz CT molecular complexity index is 1970. The number of nitrogen functional groups attached to an aromatic ring is 2. The highest BCUT2D eigenvalue weighted by Crippen LogP contribution is 2.61. The summed E-state index contributed by atoms with van der Waals surface area (Å²) in [7, 11) is 1.33. The van der Waals surface area contributed by atoms with Crippen molar-refractivity contribution < 1.29 is 45.8 Å². The van der Waals surface area contributed by atoms with Crippen molar-refractivity contribution in [2.45, 2.75) is 49.0 Å². The van der Waals surface area contributed by atoms with Gasteiger partial charge in [-0.25, -0.2) is 33.5 Å². The number of nitrogens with zero attached hydrogens (tertiary/aromatic N) is 6. The van der Waals surface area contributed by atoms with Gasteiger partial charge in [0.1, 0.15) is 54.0 Å². The molecule has 3 saturated heterocycles. The molecule has 5 N–H and O–H groups in total. The van der Waals surface area contributed by atoms with E-state index in [0.717, 1.165) is 11.5 Å². The average Bonchev–Trinajstić information content (AvgIpc) is 3.75. The molecule has 10 atom stereocenters. The van der Waals surface area contributed by atoms with E-state index in [0.29, 0.717) is 0 Å². The van der Waals surface area contributed by atoms with E-state index < -0.39 is 81.4 Å².